The molecule has 0 aromatic carbocycles. The van der Waals surface area contributed by atoms with Gasteiger partial charge in [-0.15, -0.1) is 0 Å². The van der Waals surface area contributed by atoms with Crippen molar-refractivity contribution in [3.05, 3.63) is 23.3 Å². The summed E-state index contributed by atoms with van der Waals surface area (Å²) in [6.45, 7) is 3.55. The second-order valence-corrected chi connectivity index (χ2v) is 6.16. The predicted octanol–water partition coefficient (Wildman–Crippen LogP) is 2.21. The number of Topliss-reactive ketones (excluding diaryl/α,β-unsaturated/α-hetero) is 1. The van der Waals surface area contributed by atoms with Crippen LogP contribution in [0.25, 0.3) is 0 Å². The highest BCUT2D eigenvalue weighted by Gasteiger charge is 2.55. The minimum Gasteiger partial charge on any atom is -0.468 e. The fourth-order valence-electron chi connectivity index (χ4n) is 3.54. The topological polar surface area (TPSA) is 69.7 Å². The molecule has 2 atom stereocenters. The highest BCUT2D eigenvalue weighted by molar-refractivity contribution is 6.01. The third-order valence-corrected chi connectivity index (χ3v) is 4.83. The van der Waals surface area contributed by atoms with E-state index in [-0.39, 0.29) is 17.6 Å². The summed E-state index contributed by atoms with van der Waals surface area (Å²) >= 11 is 0. The Kier molecular flexibility index (Phi) is 4.54. The Labute approximate surface area is 130 Å². The molecule has 5 nitrogen and oxygen atoms in total. The summed E-state index contributed by atoms with van der Waals surface area (Å²) in [5.74, 6) is -1.12. The van der Waals surface area contributed by atoms with Crippen LogP contribution in [0.2, 0.25) is 0 Å². The average Bonchev–Trinajstić information content (AvgIpc) is 2.83. The number of allylic oxidation sites excluding steroid dienone is 4. The Morgan fingerprint density at radius 1 is 1.14 bits per heavy atom. The first-order valence-electron chi connectivity index (χ1n) is 7.40. The molecule has 0 radical (unpaired) electrons. The van der Waals surface area contributed by atoms with Gasteiger partial charge >= 0.3 is 11.9 Å². The van der Waals surface area contributed by atoms with E-state index in [1.807, 2.05) is 19.1 Å². The van der Waals surface area contributed by atoms with Gasteiger partial charge in [0, 0.05) is 5.92 Å². The van der Waals surface area contributed by atoms with Crippen LogP contribution in [-0.2, 0) is 23.9 Å². The molecule has 1 fully saturated rings. The van der Waals surface area contributed by atoms with Gasteiger partial charge in [-0.25, -0.2) is 0 Å². The summed E-state index contributed by atoms with van der Waals surface area (Å²) in [5, 5.41) is 0. The van der Waals surface area contributed by atoms with Crippen molar-refractivity contribution in [3.63, 3.8) is 0 Å². The summed E-state index contributed by atoms with van der Waals surface area (Å²) in [6.07, 6.45) is 5.12. The van der Waals surface area contributed by atoms with E-state index in [4.69, 9.17) is 9.47 Å². The van der Waals surface area contributed by atoms with Gasteiger partial charge in [-0.05, 0) is 39.0 Å². The molecule has 0 spiro atoms. The van der Waals surface area contributed by atoms with Crippen LogP contribution < -0.4 is 0 Å². The zero-order valence-corrected chi connectivity index (χ0v) is 13.5. The molecular formula is C17H22O5. The van der Waals surface area contributed by atoms with Gasteiger partial charge in [-0.3, -0.25) is 14.4 Å². The standard InChI is InChI=1S/C17H22O5/c1-10-7-12(11(2)18)5-6-13-8-17(9-14(10)13,15(19)21-3)16(20)22-4/h5-6,12-13H,7-9H2,1-4H3/t12-,13+/m1/s1. The molecule has 0 aromatic heterocycles. The molecule has 0 unspecified atom stereocenters. The highest BCUT2D eigenvalue weighted by Crippen LogP contribution is 2.50. The molecule has 0 aliphatic heterocycles. The summed E-state index contributed by atoms with van der Waals surface area (Å²) in [6, 6.07) is 0. The zero-order chi connectivity index (χ0) is 16.5. The van der Waals surface area contributed by atoms with Gasteiger partial charge in [0.25, 0.3) is 0 Å². The third kappa shape index (κ3) is 2.60. The fraction of sp³-hybridized carbons (Fsp3) is 0.588. The highest BCUT2D eigenvalue weighted by atomic mass is 16.5. The van der Waals surface area contributed by atoms with Crippen molar-refractivity contribution < 1.29 is 23.9 Å². The summed E-state index contributed by atoms with van der Waals surface area (Å²) in [7, 11) is 2.56. The number of hydrogen-bond acceptors (Lipinski definition) is 5. The van der Waals surface area contributed by atoms with Crippen LogP contribution in [0.3, 0.4) is 0 Å². The number of carbonyl (C=O) groups is 3. The molecule has 22 heavy (non-hydrogen) atoms. The van der Waals surface area contributed by atoms with Crippen LogP contribution >= 0.6 is 0 Å². The monoisotopic (exact) mass is 306 g/mol. The fourth-order valence-corrected chi connectivity index (χ4v) is 3.54. The molecular weight excluding hydrogens is 284 g/mol. The van der Waals surface area contributed by atoms with Crippen molar-refractivity contribution in [2.75, 3.05) is 14.2 Å². The molecule has 0 N–H and O–H groups in total. The quantitative estimate of drug-likeness (QED) is 0.454. The number of methoxy groups -OCH3 is 2. The van der Waals surface area contributed by atoms with Gasteiger partial charge in [0.15, 0.2) is 5.41 Å². The lowest BCUT2D eigenvalue weighted by Crippen LogP contribution is -2.39. The van der Waals surface area contributed by atoms with E-state index < -0.39 is 17.4 Å². The maximum atomic E-state index is 12.2. The van der Waals surface area contributed by atoms with Crippen molar-refractivity contribution >= 4 is 17.7 Å². The van der Waals surface area contributed by atoms with E-state index in [9.17, 15) is 14.4 Å². The normalized spacial score (nSPS) is 26.2. The van der Waals surface area contributed by atoms with E-state index in [1.165, 1.54) is 14.2 Å². The average molecular weight is 306 g/mol. The smallest absolute Gasteiger partial charge is 0.323 e. The first kappa shape index (κ1) is 16.5. The predicted molar refractivity (Wildman–Crippen MR) is 79.8 cm³/mol. The third-order valence-electron chi connectivity index (χ3n) is 4.83. The van der Waals surface area contributed by atoms with Crippen molar-refractivity contribution in [3.8, 4) is 0 Å². The second-order valence-electron chi connectivity index (χ2n) is 6.16. The molecule has 0 aromatic rings. The summed E-state index contributed by atoms with van der Waals surface area (Å²) < 4.78 is 9.70. The van der Waals surface area contributed by atoms with Gasteiger partial charge in [-0.1, -0.05) is 23.3 Å². The number of carbonyl (C=O) groups excluding carboxylic acids is 3. The Balaban J connectivity index is 2.40. The maximum absolute atomic E-state index is 12.2. The van der Waals surface area contributed by atoms with Crippen LogP contribution in [0.15, 0.2) is 23.3 Å². The minimum absolute atomic E-state index is 0.0254. The van der Waals surface area contributed by atoms with E-state index in [0.29, 0.717) is 19.3 Å². The first-order chi connectivity index (χ1) is 10.4. The minimum atomic E-state index is -1.27. The molecule has 5 heteroatoms. The largest absolute Gasteiger partial charge is 0.468 e. The number of ether oxygens (including phenoxy) is 2. The lowest BCUT2D eigenvalue weighted by molar-refractivity contribution is -0.168. The first-order valence-corrected chi connectivity index (χ1v) is 7.40. The number of hydrogen-bond donors (Lipinski definition) is 0. The number of fused-ring (bicyclic) bond motifs is 1. The number of ketones is 1. The van der Waals surface area contributed by atoms with Crippen LogP contribution in [0, 0.1) is 17.3 Å². The molecule has 120 valence electrons. The van der Waals surface area contributed by atoms with E-state index in [1.54, 1.807) is 6.92 Å². The van der Waals surface area contributed by atoms with Crippen molar-refractivity contribution in [2.45, 2.75) is 33.1 Å². The SMILES string of the molecule is COC(=O)C1(C(=O)OC)CC2=C(C)C[C@H](C(C)=O)C=C[C@H]2C1. The van der Waals surface area contributed by atoms with Gasteiger partial charge in [-0.2, -0.15) is 0 Å². The Morgan fingerprint density at radius 2 is 1.73 bits per heavy atom. The van der Waals surface area contributed by atoms with E-state index >= 15 is 0 Å². The molecule has 2 aliphatic carbocycles. The molecule has 0 saturated heterocycles. The molecule has 0 heterocycles. The Bertz CT molecular complexity index is 554. The molecule has 0 bridgehead atoms. The molecule has 2 rings (SSSR count). The van der Waals surface area contributed by atoms with Crippen molar-refractivity contribution in [1.29, 1.82) is 0 Å². The number of esters is 2. The summed E-state index contributed by atoms with van der Waals surface area (Å²) in [5.41, 5.74) is 0.860. The zero-order valence-electron chi connectivity index (χ0n) is 13.5. The van der Waals surface area contributed by atoms with Gasteiger partial charge in [0.05, 0.1) is 14.2 Å². The van der Waals surface area contributed by atoms with Crippen LogP contribution in [0.5, 0.6) is 0 Å². The van der Waals surface area contributed by atoms with Crippen LogP contribution in [0.1, 0.15) is 33.1 Å². The lowest BCUT2D eigenvalue weighted by atomic mass is 9.84. The van der Waals surface area contributed by atoms with Crippen molar-refractivity contribution in [2.24, 2.45) is 17.3 Å². The Morgan fingerprint density at radius 3 is 2.23 bits per heavy atom. The van der Waals surface area contributed by atoms with E-state index in [0.717, 1.165) is 11.1 Å². The molecule has 2 aliphatic rings. The Hall–Kier alpha value is -1.91. The molecule has 1 saturated carbocycles. The van der Waals surface area contributed by atoms with Crippen LogP contribution in [0.4, 0.5) is 0 Å². The maximum Gasteiger partial charge on any atom is 0.323 e. The number of rotatable bonds is 3. The summed E-state index contributed by atoms with van der Waals surface area (Å²) in [4.78, 5) is 36.1. The molecule has 0 amide bonds. The van der Waals surface area contributed by atoms with Crippen LogP contribution in [-0.4, -0.2) is 31.9 Å². The van der Waals surface area contributed by atoms with E-state index in [2.05, 4.69) is 0 Å². The van der Waals surface area contributed by atoms with Gasteiger partial charge in [0.2, 0.25) is 0 Å². The lowest BCUT2D eigenvalue weighted by Gasteiger charge is -2.22. The van der Waals surface area contributed by atoms with Gasteiger partial charge < -0.3 is 9.47 Å². The van der Waals surface area contributed by atoms with Crippen molar-refractivity contribution in [1.82, 2.24) is 0 Å². The second kappa shape index (κ2) is 6.07. The van der Waals surface area contributed by atoms with Gasteiger partial charge in [0.1, 0.15) is 5.78 Å².